The summed E-state index contributed by atoms with van der Waals surface area (Å²) in [5, 5.41) is 0.658. The highest BCUT2D eigenvalue weighted by Gasteiger charge is 2.31. The smallest absolute Gasteiger partial charge is 0.258 e. The Kier molecular flexibility index (Phi) is 4.50. The second-order valence-electron chi connectivity index (χ2n) is 6.22. The number of guanidine groups is 1. The lowest BCUT2D eigenvalue weighted by molar-refractivity contribution is 0.394. The summed E-state index contributed by atoms with van der Waals surface area (Å²) in [6.07, 6.45) is 0.960. The maximum absolute atomic E-state index is 11.9. The molecule has 2 aliphatic rings. The van der Waals surface area contributed by atoms with Gasteiger partial charge in [-0.2, -0.15) is 0 Å². The first-order valence-electron chi connectivity index (χ1n) is 8.39. The summed E-state index contributed by atoms with van der Waals surface area (Å²) < 4.78 is 33.6. The van der Waals surface area contributed by atoms with Crippen molar-refractivity contribution in [3.63, 3.8) is 0 Å². The third kappa shape index (κ3) is 3.64. The summed E-state index contributed by atoms with van der Waals surface area (Å²) in [5.74, 6) is 2.00. The monoisotopic (exact) mass is 391 g/mol. The first kappa shape index (κ1) is 17.2. The van der Waals surface area contributed by atoms with Gasteiger partial charge in [0.05, 0.1) is 5.75 Å². The number of halogens is 1. The Hall–Kier alpha value is -2.25. The number of fused-ring (bicyclic) bond motifs is 1. The topological polar surface area (TPSA) is 62.2 Å². The predicted octanol–water partition coefficient (Wildman–Crippen LogP) is 3.34. The van der Waals surface area contributed by atoms with E-state index in [-0.39, 0.29) is 5.75 Å². The van der Waals surface area contributed by atoms with Crippen LogP contribution >= 0.6 is 11.6 Å². The largest absolute Gasteiger partial charge is 0.457 e. The van der Waals surface area contributed by atoms with Crippen LogP contribution in [0.4, 0.5) is 5.69 Å². The molecule has 0 unspecified atom stereocenters. The van der Waals surface area contributed by atoms with Gasteiger partial charge in [-0.3, -0.25) is 0 Å². The highest BCUT2D eigenvalue weighted by atomic mass is 35.5. The lowest BCUT2D eigenvalue weighted by Crippen LogP contribution is -2.54. The standard InChI is InChI=1S/C18H18ClN3O3S/c19-14-2-6-16(7-3-14)25-17-8-4-15(5-9-17)22-11-1-10-21-12-13-26(23,24)20-18(21)22/h2-9H,1,10-13H2. The Balaban J connectivity index is 1.56. The fraction of sp³-hybridized carbons (Fsp3) is 0.278. The molecular weight excluding hydrogens is 374 g/mol. The van der Waals surface area contributed by atoms with Crippen molar-refractivity contribution in [1.82, 2.24) is 4.90 Å². The zero-order valence-electron chi connectivity index (χ0n) is 14.0. The Morgan fingerprint density at radius 3 is 2.27 bits per heavy atom. The van der Waals surface area contributed by atoms with Gasteiger partial charge in [0.1, 0.15) is 11.5 Å². The number of hydrogen-bond donors (Lipinski definition) is 0. The highest BCUT2D eigenvalue weighted by molar-refractivity contribution is 7.90. The van der Waals surface area contributed by atoms with Gasteiger partial charge in [0.15, 0.2) is 0 Å². The molecule has 0 aliphatic carbocycles. The van der Waals surface area contributed by atoms with E-state index >= 15 is 0 Å². The fourth-order valence-corrected chi connectivity index (χ4v) is 4.21. The number of hydrogen-bond acceptors (Lipinski definition) is 5. The normalized spacial score (nSPS) is 18.9. The molecule has 26 heavy (non-hydrogen) atoms. The van der Waals surface area contributed by atoms with Gasteiger partial charge in [-0.25, -0.2) is 8.42 Å². The van der Waals surface area contributed by atoms with Crippen LogP contribution in [-0.2, 0) is 10.0 Å². The van der Waals surface area contributed by atoms with Crippen LogP contribution in [0, 0.1) is 0 Å². The van der Waals surface area contributed by atoms with Crippen LogP contribution in [0.1, 0.15) is 6.42 Å². The summed E-state index contributed by atoms with van der Waals surface area (Å²) in [6.45, 7) is 2.07. The second-order valence-corrected chi connectivity index (χ2v) is 8.41. The molecule has 0 spiro atoms. The molecule has 2 aromatic rings. The van der Waals surface area contributed by atoms with E-state index in [4.69, 9.17) is 16.3 Å². The Bertz CT molecular complexity index is 927. The highest BCUT2D eigenvalue weighted by Crippen LogP contribution is 2.28. The summed E-state index contributed by atoms with van der Waals surface area (Å²) in [5.41, 5.74) is 0.897. The Morgan fingerprint density at radius 2 is 1.58 bits per heavy atom. The van der Waals surface area contributed by atoms with Crippen LogP contribution in [0.15, 0.2) is 52.9 Å². The van der Waals surface area contributed by atoms with Crippen LogP contribution in [0.25, 0.3) is 0 Å². The number of ether oxygens (including phenoxy) is 1. The summed E-state index contributed by atoms with van der Waals surface area (Å²) in [6, 6.07) is 14.7. The van der Waals surface area contributed by atoms with Crippen molar-refractivity contribution in [2.45, 2.75) is 6.42 Å². The maximum atomic E-state index is 11.9. The SMILES string of the molecule is O=S1(=O)CCN2CCCN(c3ccc(Oc4ccc(Cl)cc4)cc3)C2=N1. The van der Waals surface area contributed by atoms with Gasteiger partial charge in [-0.05, 0) is 55.0 Å². The lowest BCUT2D eigenvalue weighted by atomic mass is 10.2. The summed E-state index contributed by atoms with van der Waals surface area (Å²) >= 11 is 5.88. The minimum Gasteiger partial charge on any atom is -0.457 e. The Morgan fingerprint density at radius 1 is 0.923 bits per heavy atom. The molecule has 6 nitrogen and oxygen atoms in total. The molecule has 1 saturated heterocycles. The molecule has 136 valence electrons. The van der Waals surface area contributed by atoms with E-state index in [0.29, 0.717) is 29.0 Å². The first-order chi connectivity index (χ1) is 12.5. The Labute approximate surface area is 157 Å². The van der Waals surface area contributed by atoms with Crippen molar-refractivity contribution in [1.29, 1.82) is 0 Å². The molecular formula is C18H18ClN3O3S. The molecule has 2 heterocycles. The van der Waals surface area contributed by atoms with E-state index in [1.165, 1.54) is 0 Å². The predicted molar refractivity (Wildman–Crippen MR) is 103 cm³/mol. The van der Waals surface area contributed by atoms with E-state index < -0.39 is 10.0 Å². The number of rotatable bonds is 3. The molecule has 0 atom stereocenters. The average molecular weight is 392 g/mol. The van der Waals surface area contributed by atoms with Gasteiger partial charge >= 0.3 is 0 Å². The number of anilines is 1. The first-order valence-corrected chi connectivity index (χ1v) is 10.4. The zero-order chi connectivity index (χ0) is 18.1. The third-order valence-electron chi connectivity index (χ3n) is 4.37. The van der Waals surface area contributed by atoms with Crippen LogP contribution in [0.5, 0.6) is 11.5 Å². The summed E-state index contributed by atoms with van der Waals surface area (Å²) in [4.78, 5) is 3.98. The van der Waals surface area contributed by atoms with Crippen LogP contribution in [-0.4, -0.2) is 44.7 Å². The lowest BCUT2D eigenvalue weighted by Gasteiger charge is -2.40. The second kappa shape index (κ2) is 6.81. The fourth-order valence-electron chi connectivity index (χ4n) is 3.08. The van der Waals surface area contributed by atoms with Crippen molar-refractivity contribution in [2.75, 3.05) is 30.3 Å². The molecule has 2 aromatic carbocycles. The van der Waals surface area contributed by atoms with E-state index in [2.05, 4.69) is 4.40 Å². The minimum atomic E-state index is -3.38. The van der Waals surface area contributed by atoms with Gasteiger partial charge < -0.3 is 14.5 Å². The van der Waals surface area contributed by atoms with E-state index in [1.54, 1.807) is 24.3 Å². The van der Waals surface area contributed by atoms with Gasteiger partial charge in [-0.15, -0.1) is 4.40 Å². The van der Waals surface area contributed by atoms with Crippen LogP contribution in [0.3, 0.4) is 0 Å². The number of benzene rings is 2. The van der Waals surface area contributed by atoms with Crippen molar-refractivity contribution in [3.05, 3.63) is 53.6 Å². The molecule has 8 heteroatoms. The average Bonchev–Trinajstić information content (AvgIpc) is 2.63. The minimum absolute atomic E-state index is 0.0816. The third-order valence-corrected chi connectivity index (χ3v) is 5.76. The molecule has 0 bridgehead atoms. The molecule has 0 N–H and O–H groups in total. The van der Waals surface area contributed by atoms with Gasteiger partial charge in [0.2, 0.25) is 5.96 Å². The molecule has 1 fully saturated rings. The molecule has 4 rings (SSSR count). The van der Waals surface area contributed by atoms with Crippen LogP contribution < -0.4 is 9.64 Å². The molecule has 2 aliphatic heterocycles. The van der Waals surface area contributed by atoms with Crippen molar-refractivity contribution in [2.24, 2.45) is 4.40 Å². The number of sulfonamides is 1. The molecule has 0 saturated carbocycles. The van der Waals surface area contributed by atoms with E-state index in [0.717, 1.165) is 25.2 Å². The van der Waals surface area contributed by atoms with Gasteiger partial charge in [-0.1, -0.05) is 11.6 Å². The summed E-state index contributed by atoms with van der Waals surface area (Å²) in [7, 11) is -3.38. The van der Waals surface area contributed by atoms with Crippen LogP contribution in [0.2, 0.25) is 5.02 Å². The quantitative estimate of drug-likeness (QED) is 0.803. The van der Waals surface area contributed by atoms with E-state index in [1.807, 2.05) is 34.1 Å². The maximum Gasteiger partial charge on any atom is 0.258 e. The van der Waals surface area contributed by atoms with Crippen molar-refractivity contribution in [3.8, 4) is 11.5 Å². The molecule has 0 amide bonds. The number of nitrogens with zero attached hydrogens (tertiary/aromatic N) is 3. The van der Waals surface area contributed by atoms with Gasteiger partial charge in [0, 0.05) is 30.3 Å². The van der Waals surface area contributed by atoms with Gasteiger partial charge in [0.25, 0.3) is 10.0 Å². The van der Waals surface area contributed by atoms with Crippen molar-refractivity contribution < 1.29 is 13.2 Å². The zero-order valence-corrected chi connectivity index (χ0v) is 15.6. The van der Waals surface area contributed by atoms with E-state index in [9.17, 15) is 8.42 Å². The molecule has 0 radical (unpaired) electrons. The molecule has 0 aromatic heterocycles. The van der Waals surface area contributed by atoms with Crippen molar-refractivity contribution >= 4 is 33.3 Å².